The Morgan fingerprint density at radius 2 is 1.07 bits per heavy atom. The zero-order chi connectivity index (χ0) is 30.8. The van der Waals surface area contributed by atoms with Gasteiger partial charge in [0.2, 0.25) is 29.5 Å². The molecule has 18 N–H and O–H groups in total. The van der Waals surface area contributed by atoms with Gasteiger partial charge in [-0.2, -0.15) is 0 Å². The summed E-state index contributed by atoms with van der Waals surface area (Å²) >= 11 is 0. The molecule has 0 aromatic heterocycles. The van der Waals surface area contributed by atoms with Crippen molar-refractivity contribution in [3.05, 3.63) is 0 Å². The van der Waals surface area contributed by atoms with E-state index in [4.69, 9.17) is 40.1 Å². The SMILES string of the molecule is NC(=O)CCC(NC(=O)C(CCCN=C(N)N)NC(=O)C(N)CCCN=C(N)N)C(=O)NC(CC(N)=O)C(=O)O. The van der Waals surface area contributed by atoms with Gasteiger partial charge in [0.05, 0.1) is 12.5 Å². The number of nitrogens with one attached hydrogen (secondary N) is 3. The summed E-state index contributed by atoms with van der Waals surface area (Å²) in [5, 5.41) is 16.2. The van der Waals surface area contributed by atoms with E-state index < -0.39 is 66.1 Å². The Balaban J connectivity index is 5.67. The second kappa shape index (κ2) is 18.6. The predicted molar refractivity (Wildman–Crippen MR) is 143 cm³/mol. The van der Waals surface area contributed by atoms with Crippen LogP contribution in [0.5, 0.6) is 0 Å². The van der Waals surface area contributed by atoms with Crippen molar-refractivity contribution >= 4 is 47.4 Å². The molecule has 4 unspecified atom stereocenters. The number of primary amides is 2. The van der Waals surface area contributed by atoms with Crippen LogP contribution in [0.25, 0.3) is 0 Å². The Hall–Kier alpha value is -4.68. The lowest BCUT2D eigenvalue weighted by molar-refractivity contribution is -0.144. The van der Waals surface area contributed by atoms with E-state index in [0.717, 1.165) is 0 Å². The third-order valence-corrected chi connectivity index (χ3v) is 5.21. The average molecular weight is 573 g/mol. The van der Waals surface area contributed by atoms with E-state index in [1.807, 2.05) is 0 Å². The van der Waals surface area contributed by atoms with E-state index in [2.05, 4.69) is 25.9 Å². The van der Waals surface area contributed by atoms with Gasteiger partial charge in [-0.25, -0.2) is 4.79 Å². The summed E-state index contributed by atoms with van der Waals surface area (Å²) in [4.78, 5) is 80.1. The van der Waals surface area contributed by atoms with E-state index in [0.29, 0.717) is 6.42 Å². The van der Waals surface area contributed by atoms with Crippen molar-refractivity contribution in [1.29, 1.82) is 0 Å². The fourth-order valence-electron chi connectivity index (χ4n) is 3.20. The van der Waals surface area contributed by atoms with Crippen molar-refractivity contribution in [3.8, 4) is 0 Å². The Kier molecular flexibility index (Phi) is 16.4. The molecule has 0 bridgehead atoms. The molecule has 5 amide bonds. The molecule has 0 heterocycles. The fraction of sp³-hybridized carbons (Fsp3) is 0.619. The molecule has 4 atom stereocenters. The highest BCUT2D eigenvalue weighted by atomic mass is 16.4. The number of aliphatic carboxylic acids is 1. The Labute approximate surface area is 230 Å². The maximum Gasteiger partial charge on any atom is 0.326 e. The number of hydrogen-bond donors (Lipinski definition) is 11. The maximum atomic E-state index is 13.1. The van der Waals surface area contributed by atoms with Crippen LogP contribution in [0.3, 0.4) is 0 Å². The molecule has 0 saturated carbocycles. The lowest BCUT2D eigenvalue weighted by Crippen LogP contribution is -2.57. The first-order valence-corrected chi connectivity index (χ1v) is 12.2. The molecular weight excluding hydrogens is 532 g/mol. The minimum absolute atomic E-state index is 0.0126. The molecule has 19 heteroatoms. The van der Waals surface area contributed by atoms with Crippen LogP contribution in [0.1, 0.15) is 44.9 Å². The number of carboxylic acid groups (broad SMARTS) is 1. The van der Waals surface area contributed by atoms with Gasteiger partial charge in [0, 0.05) is 19.5 Å². The third kappa shape index (κ3) is 16.2. The summed E-state index contributed by atoms with van der Waals surface area (Å²) in [6.07, 6.45) is -0.582. The van der Waals surface area contributed by atoms with Crippen LogP contribution >= 0.6 is 0 Å². The van der Waals surface area contributed by atoms with Crippen molar-refractivity contribution in [2.75, 3.05) is 13.1 Å². The van der Waals surface area contributed by atoms with Crippen molar-refractivity contribution in [2.45, 2.75) is 69.1 Å². The van der Waals surface area contributed by atoms with Gasteiger partial charge < -0.3 is 61.2 Å². The number of nitrogens with zero attached hydrogens (tertiary/aromatic N) is 2. The molecule has 0 spiro atoms. The van der Waals surface area contributed by atoms with E-state index in [1.165, 1.54) is 0 Å². The molecular formula is C21H40N12O7. The van der Waals surface area contributed by atoms with E-state index in [-0.39, 0.29) is 57.1 Å². The normalized spacial score (nSPS) is 13.4. The highest BCUT2D eigenvalue weighted by Gasteiger charge is 2.31. The number of rotatable bonds is 20. The van der Waals surface area contributed by atoms with Crippen molar-refractivity contribution in [1.82, 2.24) is 16.0 Å². The molecule has 0 rings (SSSR count). The lowest BCUT2D eigenvalue weighted by Gasteiger charge is -2.25. The van der Waals surface area contributed by atoms with E-state index in [9.17, 15) is 33.9 Å². The zero-order valence-corrected chi connectivity index (χ0v) is 22.0. The first-order valence-electron chi connectivity index (χ1n) is 12.2. The topological polar surface area (TPSA) is 366 Å². The quantitative estimate of drug-likeness (QED) is 0.0369. The first kappa shape index (κ1) is 35.3. The molecule has 0 fully saturated rings. The predicted octanol–water partition coefficient (Wildman–Crippen LogP) is -5.90. The van der Waals surface area contributed by atoms with Gasteiger partial charge in [0.15, 0.2) is 11.9 Å². The Morgan fingerprint density at radius 3 is 1.52 bits per heavy atom. The van der Waals surface area contributed by atoms with Crippen LogP contribution < -0.4 is 56.1 Å². The smallest absolute Gasteiger partial charge is 0.326 e. The van der Waals surface area contributed by atoms with Gasteiger partial charge in [0.25, 0.3) is 0 Å². The van der Waals surface area contributed by atoms with Crippen LogP contribution in [0.15, 0.2) is 9.98 Å². The molecule has 0 aliphatic carbocycles. The van der Waals surface area contributed by atoms with Gasteiger partial charge in [0.1, 0.15) is 18.1 Å². The molecule has 40 heavy (non-hydrogen) atoms. The second-order valence-electron chi connectivity index (χ2n) is 8.70. The van der Waals surface area contributed by atoms with Crippen LogP contribution in [0, 0.1) is 0 Å². The van der Waals surface area contributed by atoms with E-state index >= 15 is 0 Å². The van der Waals surface area contributed by atoms with Gasteiger partial charge in [-0.3, -0.25) is 34.0 Å². The molecule has 0 saturated heterocycles. The van der Waals surface area contributed by atoms with Gasteiger partial charge in [-0.1, -0.05) is 0 Å². The Bertz CT molecular complexity index is 964. The second-order valence-corrected chi connectivity index (χ2v) is 8.70. The molecule has 0 aliphatic heterocycles. The molecule has 0 aromatic rings. The number of hydrogen-bond acceptors (Lipinski definition) is 9. The fourth-order valence-corrected chi connectivity index (χ4v) is 3.20. The number of carbonyl (C=O) groups excluding carboxylic acids is 5. The van der Waals surface area contributed by atoms with Crippen LogP contribution in [0.4, 0.5) is 0 Å². The number of aliphatic imine (C=N–C) groups is 2. The minimum Gasteiger partial charge on any atom is -0.480 e. The minimum atomic E-state index is -1.69. The number of nitrogens with two attached hydrogens (primary N) is 7. The summed E-state index contributed by atoms with van der Waals surface area (Å²) in [5.41, 5.74) is 37.2. The number of carbonyl (C=O) groups is 6. The number of carboxylic acids is 1. The molecule has 0 aromatic carbocycles. The van der Waals surface area contributed by atoms with E-state index in [1.54, 1.807) is 0 Å². The van der Waals surface area contributed by atoms with Gasteiger partial charge in [-0.05, 0) is 32.1 Å². The molecule has 226 valence electrons. The summed E-state index contributed by atoms with van der Waals surface area (Å²) in [6, 6.07) is -5.40. The number of amides is 5. The molecule has 0 aliphatic rings. The summed E-state index contributed by atoms with van der Waals surface area (Å²) in [5.74, 6) is -6.20. The van der Waals surface area contributed by atoms with Crippen molar-refractivity contribution in [3.63, 3.8) is 0 Å². The first-order chi connectivity index (χ1) is 18.6. The summed E-state index contributed by atoms with van der Waals surface area (Å²) in [6.45, 7) is 0.348. The highest BCUT2D eigenvalue weighted by molar-refractivity contribution is 5.95. The third-order valence-electron chi connectivity index (χ3n) is 5.21. The molecule has 19 nitrogen and oxygen atoms in total. The largest absolute Gasteiger partial charge is 0.480 e. The maximum absolute atomic E-state index is 13.1. The highest BCUT2D eigenvalue weighted by Crippen LogP contribution is 2.06. The zero-order valence-electron chi connectivity index (χ0n) is 22.0. The van der Waals surface area contributed by atoms with Gasteiger partial charge in [-0.15, -0.1) is 0 Å². The van der Waals surface area contributed by atoms with Crippen molar-refractivity contribution in [2.24, 2.45) is 50.1 Å². The van der Waals surface area contributed by atoms with Gasteiger partial charge >= 0.3 is 5.97 Å². The Morgan fingerprint density at radius 1 is 0.625 bits per heavy atom. The van der Waals surface area contributed by atoms with Crippen LogP contribution in [-0.2, 0) is 28.8 Å². The molecule has 0 radical (unpaired) electrons. The standard InChI is InChI=1S/C21H40N12O7/c22-10(3-1-7-29-20(25)26)16(36)31-11(4-2-8-30-21(27)28)17(37)32-12(5-6-14(23)34)18(38)33-13(19(39)40)9-15(24)35/h10-13H,1-9,22H2,(H2,23,34)(H2,24,35)(H,31,36)(H,32,37)(H,33,38)(H,39,40)(H4,25,26,29)(H4,27,28,30). The van der Waals surface area contributed by atoms with Crippen molar-refractivity contribution < 1.29 is 33.9 Å². The monoisotopic (exact) mass is 572 g/mol. The number of guanidine groups is 2. The van der Waals surface area contributed by atoms with Crippen LogP contribution in [0.2, 0.25) is 0 Å². The lowest BCUT2D eigenvalue weighted by atomic mass is 10.1. The average Bonchev–Trinajstić information content (AvgIpc) is 2.84. The summed E-state index contributed by atoms with van der Waals surface area (Å²) in [7, 11) is 0. The van der Waals surface area contributed by atoms with Crippen LogP contribution in [-0.4, -0.2) is 89.8 Å². The summed E-state index contributed by atoms with van der Waals surface area (Å²) < 4.78 is 0.